The molecule has 2 aromatic rings. The van der Waals surface area contributed by atoms with E-state index < -0.39 is 5.91 Å². The van der Waals surface area contributed by atoms with Crippen LogP contribution in [0.3, 0.4) is 0 Å². The number of hydrogen-bond acceptors (Lipinski definition) is 2. The summed E-state index contributed by atoms with van der Waals surface area (Å²) in [6.45, 7) is 5.13. The van der Waals surface area contributed by atoms with Gasteiger partial charge in [0.2, 0.25) is 5.91 Å². The lowest BCUT2D eigenvalue weighted by Crippen LogP contribution is -2.29. The van der Waals surface area contributed by atoms with Crippen molar-refractivity contribution >= 4 is 35.2 Å². The molecule has 0 aliphatic rings. The van der Waals surface area contributed by atoms with E-state index in [2.05, 4.69) is 10.6 Å². The lowest BCUT2D eigenvalue weighted by Gasteiger charge is -2.13. The molecule has 0 heterocycles. The topological polar surface area (TPSA) is 58.2 Å². The minimum Gasteiger partial charge on any atom is -0.322 e. The van der Waals surface area contributed by atoms with Crippen LogP contribution in [0, 0.1) is 13.8 Å². The second-order valence-corrected chi connectivity index (χ2v) is 5.87. The van der Waals surface area contributed by atoms with Crippen LogP contribution >= 0.6 is 11.6 Å². The number of benzene rings is 2. The fourth-order valence-electron chi connectivity index (χ4n) is 2.18. The molecule has 0 fully saturated rings. The van der Waals surface area contributed by atoms with E-state index in [-0.39, 0.29) is 11.6 Å². The molecule has 4 nitrogen and oxygen atoms in total. The smallest absolute Gasteiger partial charge is 0.272 e. The Morgan fingerprint density at radius 2 is 1.75 bits per heavy atom. The molecule has 0 aromatic heterocycles. The van der Waals surface area contributed by atoms with E-state index in [1.807, 2.05) is 38.1 Å². The van der Waals surface area contributed by atoms with Crippen molar-refractivity contribution in [2.45, 2.75) is 20.8 Å². The van der Waals surface area contributed by atoms with E-state index >= 15 is 0 Å². The van der Waals surface area contributed by atoms with Crippen LogP contribution in [0.5, 0.6) is 0 Å². The van der Waals surface area contributed by atoms with E-state index in [9.17, 15) is 9.59 Å². The number of carbonyl (C=O) groups excluding carboxylic acids is 2. The number of halogens is 1. The zero-order chi connectivity index (χ0) is 17.7. The number of hydrogen-bond donors (Lipinski definition) is 2. The van der Waals surface area contributed by atoms with Crippen LogP contribution in [-0.2, 0) is 9.59 Å². The highest BCUT2D eigenvalue weighted by atomic mass is 35.5. The first kappa shape index (κ1) is 17.8. The summed E-state index contributed by atoms with van der Waals surface area (Å²) in [7, 11) is 0. The molecular weight excluding hydrogens is 324 g/mol. The standard InChI is InChI=1S/C19H19ClN2O2/c1-12-7-4-5-8-15(12)11-18(21-14(3)23)19(24)22-17-10-6-9-16(20)13(17)2/h4-11H,1-3H3,(H,21,23)(H,22,24). The van der Waals surface area contributed by atoms with Crippen LogP contribution in [0.2, 0.25) is 5.02 Å². The zero-order valence-electron chi connectivity index (χ0n) is 13.8. The summed E-state index contributed by atoms with van der Waals surface area (Å²) in [5.41, 5.74) is 3.42. The summed E-state index contributed by atoms with van der Waals surface area (Å²) >= 11 is 6.08. The van der Waals surface area contributed by atoms with Gasteiger partial charge in [-0.3, -0.25) is 9.59 Å². The molecule has 2 rings (SSSR count). The highest BCUT2D eigenvalue weighted by molar-refractivity contribution is 6.31. The molecule has 2 N–H and O–H groups in total. The number of amides is 2. The molecule has 2 amide bonds. The van der Waals surface area contributed by atoms with Gasteiger partial charge in [0, 0.05) is 17.6 Å². The molecule has 124 valence electrons. The van der Waals surface area contributed by atoms with Gasteiger partial charge in [0.05, 0.1) is 0 Å². The Morgan fingerprint density at radius 3 is 2.42 bits per heavy atom. The Hall–Kier alpha value is -2.59. The molecule has 0 radical (unpaired) electrons. The van der Waals surface area contributed by atoms with Crippen LogP contribution in [0.4, 0.5) is 5.69 Å². The maximum absolute atomic E-state index is 12.6. The van der Waals surface area contributed by atoms with Gasteiger partial charge in [0.1, 0.15) is 5.70 Å². The Bertz CT molecular complexity index is 813. The Morgan fingerprint density at radius 1 is 1.04 bits per heavy atom. The van der Waals surface area contributed by atoms with Crippen molar-refractivity contribution in [1.82, 2.24) is 5.32 Å². The first-order valence-electron chi connectivity index (χ1n) is 7.50. The maximum atomic E-state index is 12.6. The Kier molecular flexibility index (Phi) is 5.77. The van der Waals surface area contributed by atoms with Crippen molar-refractivity contribution in [3.63, 3.8) is 0 Å². The predicted octanol–water partition coefficient (Wildman–Crippen LogP) is 4.07. The van der Waals surface area contributed by atoms with Crippen LogP contribution in [0.15, 0.2) is 48.2 Å². The van der Waals surface area contributed by atoms with E-state index in [4.69, 9.17) is 11.6 Å². The van der Waals surface area contributed by atoms with Gasteiger partial charge in [0.25, 0.3) is 5.91 Å². The molecule has 0 aliphatic carbocycles. The van der Waals surface area contributed by atoms with Crippen LogP contribution in [0.1, 0.15) is 23.6 Å². The van der Waals surface area contributed by atoms with Crippen molar-refractivity contribution in [2.24, 2.45) is 0 Å². The van der Waals surface area contributed by atoms with Crippen molar-refractivity contribution in [2.75, 3.05) is 5.32 Å². The molecule has 2 aromatic carbocycles. The normalized spacial score (nSPS) is 11.1. The third-order valence-electron chi connectivity index (χ3n) is 3.56. The fraction of sp³-hybridized carbons (Fsp3) is 0.158. The highest BCUT2D eigenvalue weighted by Crippen LogP contribution is 2.23. The van der Waals surface area contributed by atoms with Crippen LogP contribution in [-0.4, -0.2) is 11.8 Å². The summed E-state index contributed by atoms with van der Waals surface area (Å²) in [4.78, 5) is 24.0. The predicted molar refractivity (Wildman–Crippen MR) is 97.8 cm³/mol. The summed E-state index contributed by atoms with van der Waals surface area (Å²) in [5.74, 6) is -0.716. The zero-order valence-corrected chi connectivity index (χ0v) is 14.6. The van der Waals surface area contributed by atoms with Crippen LogP contribution in [0.25, 0.3) is 6.08 Å². The average Bonchev–Trinajstić information content (AvgIpc) is 2.52. The van der Waals surface area contributed by atoms with Gasteiger partial charge in [0.15, 0.2) is 0 Å². The molecule has 5 heteroatoms. The monoisotopic (exact) mass is 342 g/mol. The third kappa shape index (κ3) is 4.46. The van der Waals surface area contributed by atoms with Gasteiger partial charge in [-0.05, 0) is 48.7 Å². The number of nitrogens with one attached hydrogen (secondary N) is 2. The largest absolute Gasteiger partial charge is 0.322 e. The van der Waals surface area contributed by atoms with E-state index in [0.717, 1.165) is 16.7 Å². The average molecular weight is 343 g/mol. The molecule has 0 spiro atoms. The van der Waals surface area contributed by atoms with Gasteiger partial charge in [-0.25, -0.2) is 0 Å². The van der Waals surface area contributed by atoms with Crippen molar-refractivity contribution in [3.8, 4) is 0 Å². The summed E-state index contributed by atoms with van der Waals surface area (Å²) in [6, 6.07) is 12.9. The van der Waals surface area contributed by atoms with Crippen molar-refractivity contribution in [1.29, 1.82) is 0 Å². The van der Waals surface area contributed by atoms with Gasteiger partial charge < -0.3 is 10.6 Å². The quantitative estimate of drug-likeness (QED) is 0.823. The van der Waals surface area contributed by atoms with Crippen molar-refractivity contribution in [3.05, 3.63) is 69.9 Å². The van der Waals surface area contributed by atoms with E-state index in [1.54, 1.807) is 24.3 Å². The van der Waals surface area contributed by atoms with Gasteiger partial charge in [-0.2, -0.15) is 0 Å². The van der Waals surface area contributed by atoms with Crippen molar-refractivity contribution < 1.29 is 9.59 Å². The highest BCUT2D eigenvalue weighted by Gasteiger charge is 2.14. The number of rotatable bonds is 4. The molecule has 0 aliphatic heterocycles. The lowest BCUT2D eigenvalue weighted by molar-refractivity contribution is -0.120. The minimum atomic E-state index is -0.404. The number of anilines is 1. The molecular formula is C19H19ClN2O2. The second kappa shape index (κ2) is 7.79. The molecule has 24 heavy (non-hydrogen) atoms. The molecule has 0 saturated carbocycles. The van der Waals surface area contributed by atoms with Crippen LogP contribution < -0.4 is 10.6 Å². The summed E-state index contributed by atoms with van der Waals surface area (Å²) in [5, 5.41) is 5.94. The first-order valence-corrected chi connectivity index (χ1v) is 7.87. The van der Waals surface area contributed by atoms with Gasteiger partial charge in [-0.1, -0.05) is 41.9 Å². The first-order chi connectivity index (χ1) is 11.4. The molecule has 0 unspecified atom stereocenters. The SMILES string of the molecule is CC(=O)NC(=Cc1ccccc1C)C(=O)Nc1cccc(Cl)c1C. The number of carbonyl (C=O) groups is 2. The number of aryl methyl sites for hydroxylation is 1. The maximum Gasteiger partial charge on any atom is 0.272 e. The third-order valence-corrected chi connectivity index (χ3v) is 3.97. The van der Waals surface area contributed by atoms with E-state index in [0.29, 0.717) is 10.7 Å². The minimum absolute atomic E-state index is 0.177. The molecule has 0 bridgehead atoms. The Balaban J connectivity index is 2.34. The molecule has 0 atom stereocenters. The summed E-state index contributed by atoms with van der Waals surface area (Å²) < 4.78 is 0. The molecule has 0 saturated heterocycles. The lowest BCUT2D eigenvalue weighted by atomic mass is 10.1. The second-order valence-electron chi connectivity index (χ2n) is 5.46. The Labute approximate surface area is 146 Å². The summed E-state index contributed by atoms with van der Waals surface area (Å²) in [6.07, 6.45) is 1.66. The van der Waals surface area contributed by atoms with Gasteiger partial charge >= 0.3 is 0 Å². The van der Waals surface area contributed by atoms with E-state index in [1.165, 1.54) is 6.92 Å². The van der Waals surface area contributed by atoms with Gasteiger partial charge in [-0.15, -0.1) is 0 Å². The fourth-order valence-corrected chi connectivity index (χ4v) is 2.36.